The molecule has 0 unspecified atom stereocenters. The lowest BCUT2D eigenvalue weighted by molar-refractivity contribution is 0.324. The number of aromatic nitrogens is 2. The number of rotatable bonds is 2. The van der Waals surface area contributed by atoms with Gasteiger partial charge in [-0.3, -0.25) is 0 Å². The number of hydrogen-bond acceptors (Lipinski definition) is 4. The lowest BCUT2D eigenvalue weighted by atomic mass is 10.3. The molecule has 4 nitrogen and oxygen atoms in total. The predicted molar refractivity (Wildman–Crippen MR) is 47.7 cm³/mol. The molecule has 13 heavy (non-hydrogen) atoms. The number of ether oxygens (including phenoxy) is 1. The zero-order valence-electron chi connectivity index (χ0n) is 7.33. The molecule has 0 saturated heterocycles. The normalized spacial score (nSPS) is 9.38. The largest absolute Gasteiger partial charge is 0.477 e. The van der Waals surface area contributed by atoms with Crippen LogP contribution in [-0.2, 0) is 0 Å². The van der Waals surface area contributed by atoms with Gasteiger partial charge in [0.1, 0.15) is 11.9 Å². The Hall–Kier alpha value is -1.34. The van der Waals surface area contributed by atoms with Crippen LogP contribution in [0.5, 0.6) is 5.88 Å². The molecular formula is C8H8ClN3O. The third-order valence-corrected chi connectivity index (χ3v) is 1.61. The molecular weight excluding hydrogens is 190 g/mol. The van der Waals surface area contributed by atoms with Crippen molar-refractivity contribution >= 4 is 11.6 Å². The van der Waals surface area contributed by atoms with Gasteiger partial charge >= 0.3 is 0 Å². The summed E-state index contributed by atoms with van der Waals surface area (Å²) in [4.78, 5) is 7.79. The molecule has 1 heterocycles. The molecule has 0 saturated carbocycles. The maximum Gasteiger partial charge on any atom is 0.236 e. The van der Waals surface area contributed by atoms with Crippen LogP contribution in [0.4, 0.5) is 0 Å². The van der Waals surface area contributed by atoms with Crippen LogP contribution in [0.2, 0.25) is 5.15 Å². The Kier molecular flexibility index (Phi) is 3.04. The summed E-state index contributed by atoms with van der Waals surface area (Å²) in [6.45, 7) is 3.95. The lowest BCUT2D eigenvalue weighted by Crippen LogP contribution is -2.01. The van der Waals surface area contributed by atoms with E-state index in [2.05, 4.69) is 9.97 Å². The number of nitriles is 1. The minimum absolute atomic E-state index is 0.137. The van der Waals surface area contributed by atoms with Gasteiger partial charge in [-0.15, -0.1) is 0 Å². The highest BCUT2D eigenvalue weighted by atomic mass is 35.5. The van der Waals surface area contributed by atoms with Crippen molar-refractivity contribution in [3.8, 4) is 11.9 Å². The summed E-state index contributed by atoms with van der Waals surface area (Å²) >= 11 is 5.72. The average molecular weight is 198 g/mol. The van der Waals surface area contributed by atoms with Crippen molar-refractivity contribution in [2.75, 3.05) is 6.61 Å². The van der Waals surface area contributed by atoms with Crippen LogP contribution in [0.25, 0.3) is 0 Å². The smallest absolute Gasteiger partial charge is 0.236 e. The number of halogens is 1. The number of hydrogen-bond donors (Lipinski definition) is 0. The van der Waals surface area contributed by atoms with Crippen molar-refractivity contribution in [3.63, 3.8) is 0 Å². The lowest BCUT2D eigenvalue weighted by Gasteiger charge is -2.05. The first-order chi connectivity index (χ1) is 6.19. The summed E-state index contributed by atoms with van der Waals surface area (Å²) in [5.41, 5.74) is 0.189. The van der Waals surface area contributed by atoms with E-state index in [-0.39, 0.29) is 16.6 Å². The Morgan fingerprint density at radius 2 is 2.23 bits per heavy atom. The quantitative estimate of drug-likeness (QED) is 0.678. The van der Waals surface area contributed by atoms with Crippen LogP contribution in [0.3, 0.4) is 0 Å². The van der Waals surface area contributed by atoms with E-state index in [9.17, 15) is 0 Å². The molecule has 0 spiro atoms. The van der Waals surface area contributed by atoms with Crippen molar-refractivity contribution < 1.29 is 4.74 Å². The zero-order chi connectivity index (χ0) is 9.84. The molecule has 0 amide bonds. The Bertz CT molecular complexity index is 359. The van der Waals surface area contributed by atoms with Crippen LogP contribution in [0.15, 0.2) is 0 Å². The summed E-state index contributed by atoms with van der Waals surface area (Å²) in [5.74, 6) is 0.745. The third kappa shape index (κ3) is 2.07. The second-order valence-electron chi connectivity index (χ2n) is 2.29. The highest BCUT2D eigenvalue weighted by molar-refractivity contribution is 6.30. The Labute approximate surface area is 81.1 Å². The fraction of sp³-hybridized carbons (Fsp3) is 0.375. The SMILES string of the molecule is CCOc1nc(C)nc(Cl)c1C#N. The van der Waals surface area contributed by atoms with Gasteiger partial charge in [0.15, 0.2) is 10.7 Å². The van der Waals surface area contributed by atoms with E-state index in [4.69, 9.17) is 21.6 Å². The van der Waals surface area contributed by atoms with Gasteiger partial charge in [0.25, 0.3) is 0 Å². The zero-order valence-corrected chi connectivity index (χ0v) is 8.09. The summed E-state index contributed by atoms with van der Waals surface area (Å²) in [6.07, 6.45) is 0. The minimum Gasteiger partial charge on any atom is -0.477 e. The van der Waals surface area contributed by atoms with Crippen molar-refractivity contribution in [3.05, 3.63) is 16.5 Å². The first kappa shape index (κ1) is 9.75. The molecule has 0 bridgehead atoms. The first-order valence-electron chi connectivity index (χ1n) is 3.76. The molecule has 5 heteroatoms. The predicted octanol–water partition coefficient (Wildman–Crippen LogP) is 1.71. The van der Waals surface area contributed by atoms with Gasteiger partial charge in [-0.05, 0) is 13.8 Å². The highest BCUT2D eigenvalue weighted by Gasteiger charge is 2.11. The Morgan fingerprint density at radius 3 is 2.77 bits per heavy atom. The van der Waals surface area contributed by atoms with E-state index in [0.717, 1.165) is 0 Å². The van der Waals surface area contributed by atoms with Gasteiger partial charge in [0.2, 0.25) is 5.88 Å². The third-order valence-electron chi connectivity index (χ3n) is 1.34. The molecule has 1 rings (SSSR count). The van der Waals surface area contributed by atoms with E-state index in [1.807, 2.05) is 13.0 Å². The van der Waals surface area contributed by atoms with Crippen LogP contribution in [0.1, 0.15) is 18.3 Å². The second kappa shape index (κ2) is 4.06. The van der Waals surface area contributed by atoms with E-state index < -0.39 is 0 Å². The van der Waals surface area contributed by atoms with Crippen molar-refractivity contribution in [1.29, 1.82) is 5.26 Å². The fourth-order valence-corrected chi connectivity index (χ4v) is 1.09. The fourth-order valence-electron chi connectivity index (χ4n) is 0.849. The standard InChI is InChI=1S/C8H8ClN3O/c1-3-13-8-6(4-10)7(9)11-5(2)12-8/h3H2,1-2H3. The van der Waals surface area contributed by atoms with Crippen molar-refractivity contribution in [1.82, 2.24) is 9.97 Å². The Morgan fingerprint density at radius 1 is 1.54 bits per heavy atom. The van der Waals surface area contributed by atoms with Crippen LogP contribution in [-0.4, -0.2) is 16.6 Å². The highest BCUT2D eigenvalue weighted by Crippen LogP contribution is 2.21. The number of aryl methyl sites for hydroxylation is 1. The van der Waals surface area contributed by atoms with Gasteiger partial charge in [0, 0.05) is 0 Å². The molecule has 0 radical (unpaired) electrons. The molecule has 0 aliphatic rings. The first-order valence-corrected chi connectivity index (χ1v) is 4.13. The molecule has 0 aliphatic heterocycles. The maximum atomic E-state index is 8.72. The van der Waals surface area contributed by atoms with Crippen molar-refractivity contribution in [2.45, 2.75) is 13.8 Å². The molecule has 0 atom stereocenters. The number of nitrogens with zero attached hydrogens (tertiary/aromatic N) is 3. The Balaban J connectivity index is 3.23. The summed E-state index contributed by atoms with van der Waals surface area (Å²) < 4.78 is 5.13. The van der Waals surface area contributed by atoms with E-state index >= 15 is 0 Å². The van der Waals surface area contributed by atoms with Gasteiger partial charge < -0.3 is 4.74 Å². The van der Waals surface area contributed by atoms with Crippen LogP contribution < -0.4 is 4.74 Å². The maximum absolute atomic E-state index is 8.72. The summed E-state index contributed by atoms with van der Waals surface area (Å²) in [7, 11) is 0. The average Bonchev–Trinajstić information content (AvgIpc) is 2.04. The summed E-state index contributed by atoms with van der Waals surface area (Å²) in [6, 6.07) is 1.89. The van der Waals surface area contributed by atoms with Gasteiger partial charge in [-0.25, -0.2) is 4.98 Å². The monoisotopic (exact) mass is 197 g/mol. The van der Waals surface area contributed by atoms with E-state index in [1.165, 1.54) is 0 Å². The molecule has 68 valence electrons. The topological polar surface area (TPSA) is 58.8 Å². The molecule has 0 aliphatic carbocycles. The van der Waals surface area contributed by atoms with Crippen molar-refractivity contribution in [2.24, 2.45) is 0 Å². The van der Waals surface area contributed by atoms with E-state index in [1.54, 1.807) is 6.92 Å². The second-order valence-corrected chi connectivity index (χ2v) is 2.64. The van der Waals surface area contributed by atoms with Gasteiger partial charge in [-0.2, -0.15) is 10.2 Å². The summed E-state index contributed by atoms with van der Waals surface area (Å²) in [5, 5.41) is 8.86. The molecule has 0 fully saturated rings. The molecule has 0 N–H and O–H groups in total. The molecule has 1 aromatic rings. The van der Waals surface area contributed by atoms with Crippen LogP contribution in [0, 0.1) is 18.3 Å². The van der Waals surface area contributed by atoms with Gasteiger partial charge in [-0.1, -0.05) is 11.6 Å². The van der Waals surface area contributed by atoms with Crippen LogP contribution >= 0.6 is 11.6 Å². The minimum atomic E-state index is 0.137. The van der Waals surface area contributed by atoms with E-state index in [0.29, 0.717) is 12.4 Å². The van der Waals surface area contributed by atoms with Gasteiger partial charge in [0.05, 0.1) is 6.61 Å². The molecule has 1 aromatic heterocycles. The molecule has 0 aromatic carbocycles.